The molecule has 50 valence electrons. The van der Waals surface area contributed by atoms with Crippen LogP contribution in [0, 0.1) is 0 Å². The zero-order valence-corrected chi connectivity index (χ0v) is 5.10. The summed E-state index contributed by atoms with van der Waals surface area (Å²) >= 11 is 0. The third-order valence-electron chi connectivity index (χ3n) is 1.32. The quantitative estimate of drug-likeness (QED) is 0.428. The van der Waals surface area contributed by atoms with Gasteiger partial charge in [0.25, 0.3) is 0 Å². The number of hydrogen-bond donors (Lipinski definition) is 2. The van der Waals surface area contributed by atoms with Crippen LogP contribution in [0.2, 0.25) is 0 Å². The van der Waals surface area contributed by atoms with Crippen molar-refractivity contribution in [2.75, 3.05) is 7.05 Å². The molecule has 2 amide bonds. The van der Waals surface area contributed by atoms with Crippen molar-refractivity contribution in [2.45, 2.75) is 12.5 Å². The van der Waals surface area contributed by atoms with E-state index in [9.17, 15) is 9.59 Å². The molecule has 1 rings (SSSR count). The molecule has 0 aromatic carbocycles. The first-order valence-corrected chi connectivity index (χ1v) is 2.75. The Balaban J connectivity index is 2.58. The van der Waals surface area contributed by atoms with Gasteiger partial charge in [-0.3, -0.25) is 14.9 Å². The molecule has 1 atom stereocenters. The normalized spacial score (nSPS) is 26.6. The molecule has 0 radical (unpaired) electrons. The van der Waals surface area contributed by atoms with Gasteiger partial charge in [-0.2, -0.15) is 0 Å². The summed E-state index contributed by atoms with van der Waals surface area (Å²) in [5.41, 5.74) is 0. The Morgan fingerprint density at radius 2 is 2.33 bits per heavy atom. The van der Waals surface area contributed by atoms with Crippen LogP contribution in [0.1, 0.15) is 6.42 Å². The van der Waals surface area contributed by atoms with E-state index in [0.29, 0.717) is 0 Å². The van der Waals surface area contributed by atoms with E-state index in [2.05, 4.69) is 10.6 Å². The number of imide groups is 1. The summed E-state index contributed by atoms with van der Waals surface area (Å²) in [5.74, 6) is -0.415. The van der Waals surface area contributed by atoms with E-state index >= 15 is 0 Å². The Kier molecular flexibility index (Phi) is 1.48. The highest BCUT2D eigenvalue weighted by Crippen LogP contribution is 1.98. The van der Waals surface area contributed by atoms with Crippen LogP contribution < -0.4 is 10.6 Å². The molecule has 0 spiro atoms. The first-order chi connectivity index (χ1) is 4.24. The van der Waals surface area contributed by atoms with E-state index in [1.807, 2.05) is 0 Å². The molecule has 0 bridgehead atoms. The number of carbonyl (C=O) groups excluding carboxylic acids is 2. The third kappa shape index (κ3) is 1.08. The van der Waals surface area contributed by atoms with Crippen molar-refractivity contribution in [3.05, 3.63) is 0 Å². The van der Waals surface area contributed by atoms with Gasteiger partial charge in [0.1, 0.15) is 0 Å². The van der Waals surface area contributed by atoms with Crippen LogP contribution >= 0.6 is 0 Å². The summed E-state index contributed by atoms with van der Waals surface area (Å²) in [6.45, 7) is 0. The molecule has 0 aromatic heterocycles. The molecule has 1 aliphatic heterocycles. The van der Waals surface area contributed by atoms with Crippen LogP contribution in [-0.2, 0) is 9.59 Å². The number of rotatable bonds is 1. The SMILES string of the molecule is CNC1CC(=O)NC1=O. The average Bonchev–Trinajstić information content (AvgIpc) is 2.10. The minimum Gasteiger partial charge on any atom is -0.309 e. The van der Waals surface area contributed by atoms with Crippen molar-refractivity contribution >= 4 is 11.8 Å². The summed E-state index contributed by atoms with van der Waals surface area (Å²) in [6, 6.07) is -0.308. The standard InChI is InChI=1S/C5H8N2O2/c1-6-3-2-4(8)7-5(3)9/h3,6H,2H2,1H3,(H,7,8,9). The highest BCUT2D eigenvalue weighted by Gasteiger charge is 2.28. The molecule has 1 saturated heterocycles. The predicted molar refractivity (Wildman–Crippen MR) is 30.6 cm³/mol. The molecule has 4 nitrogen and oxygen atoms in total. The van der Waals surface area contributed by atoms with E-state index in [1.165, 1.54) is 0 Å². The molecule has 9 heavy (non-hydrogen) atoms. The molecule has 1 fully saturated rings. The number of likely N-dealkylation sites (N-methyl/N-ethyl adjacent to an activating group) is 1. The van der Waals surface area contributed by atoms with Gasteiger partial charge in [0, 0.05) is 0 Å². The van der Waals surface area contributed by atoms with Crippen molar-refractivity contribution in [2.24, 2.45) is 0 Å². The lowest BCUT2D eigenvalue weighted by Gasteiger charge is -1.99. The van der Waals surface area contributed by atoms with Gasteiger partial charge in [0.2, 0.25) is 11.8 Å². The zero-order chi connectivity index (χ0) is 6.85. The van der Waals surface area contributed by atoms with Crippen molar-refractivity contribution in [1.29, 1.82) is 0 Å². The highest BCUT2D eigenvalue weighted by molar-refractivity contribution is 6.05. The van der Waals surface area contributed by atoms with E-state index in [-0.39, 0.29) is 24.3 Å². The number of amides is 2. The summed E-state index contributed by atoms with van der Waals surface area (Å²) in [5, 5.41) is 4.89. The van der Waals surface area contributed by atoms with Crippen molar-refractivity contribution in [1.82, 2.24) is 10.6 Å². The lowest BCUT2D eigenvalue weighted by molar-refractivity contribution is -0.125. The Morgan fingerprint density at radius 3 is 2.56 bits per heavy atom. The Bertz CT molecular complexity index is 155. The molecule has 0 aliphatic carbocycles. The molecular formula is C5H8N2O2. The second-order valence-corrected chi connectivity index (χ2v) is 1.96. The Labute approximate surface area is 52.6 Å². The number of carbonyl (C=O) groups is 2. The van der Waals surface area contributed by atoms with Crippen molar-refractivity contribution < 1.29 is 9.59 Å². The number of nitrogens with one attached hydrogen (secondary N) is 2. The zero-order valence-electron chi connectivity index (χ0n) is 5.10. The van der Waals surface area contributed by atoms with Gasteiger partial charge >= 0.3 is 0 Å². The summed E-state index contributed by atoms with van der Waals surface area (Å²) < 4.78 is 0. The van der Waals surface area contributed by atoms with E-state index in [4.69, 9.17) is 0 Å². The van der Waals surface area contributed by atoms with Crippen LogP contribution in [-0.4, -0.2) is 24.9 Å². The maximum Gasteiger partial charge on any atom is 0.244 e. The molecule has 1 aliphatic rings. The fourth-order valence-corrected chi connectivity index (χ4v) is 0.787. The molecule has 4 heteroatoms. The molecule has 2 N–H and O–H groups in total. The van der Waals surface area contributed by atoms with E-state index in [1.54, 1.807) is 7.05 Å². The van der Waals surface area contributed by atoms with Crippen LogP contribution in [0.15, 0.2) is 0 Å². The van der Waals surface area contributed by atoms with Gasteiger partial charge in [-0.05, 0) is 7.05 Å². The number of hydrogen-bond acceptors (Lipinski definition) is 3. The largest absolute Gasteiger partial charge is 0.309 e. The maximum absolute atomic E-state index is 10.6. The van der Waals surface area contributed by atoms with E-state index in [0.717, 1.165) is 0 Å². The maximum atomic E-state index is 10.6. The molecule has 1 unspecified atom stereocenters. The summed E-state index contributed by atoms with van der Waals surface area (Å²) in [6.07, 6.45) is 0.273. The van der Waals surface area contributed by atoms with Gasteiger partial charge in [-0.1, -0.05) is 0 Å². The predicted octanol–water partition coefficient (Wildman–Crippen LogP) is -1.38. The molecule has 0 aromatic rings. The molecule has 1 heterocycles. The van der Waals surface area contributed by atoms with Gasteiger partial charge in [-0.15, -0.1) is 0 Å². The topological polar surface area (TPSA) is 58.2 Å². The smallest absolute Gasteiger partial charge is 0.244 e. The minimum absolute atomic E-state index is 0.195. The van der Waals surface area contributed by atoms with Gasteiger partial charge in [-0.25, -0.2) is 0 Å². The fourth-order valence-electron chi connectivity index (χ4n) is 0.787. The Morgan fingerprint density at radius 1 is 1.67 bits per heavy atom. The van der Waals surface area contributed by atoms with E-state index < -0.39 is 0 Å². The minimum atomic E-state index is -0.308. The fraction of sp³-hybridized carbons (Fsp3) is 0.600. The van der Waals surface area contributed by atoms with Crippen LogP contribution in [0.4, 0.5) is 0 Å². The van der Waals surface area contributed by atoms with Gasteiger partial charge in [0.05, 0.1) is 12.5 Å². The van der Waals surface area contributed by atoms with Crippen LogP contribution in [0.5, 0.6) is 0 Å². The van der Waals surface area contributed by atoms with Gasteiger partial charge in [0.15, 0.2) is 0 Å². The first-order valence-electron chi connectivity index (χ1n) is 2.75. The lowest BCUT2D eigenvalue weighted by atomic mass is 10.2. The van der Waals surface area contributed by atoms with Crippen molar-refractivity contribution in [3.8, 4) is 0 Å². The van der Waals surface area contributed by atoms with Crippen LogP contribution in [0.3, 0.4) is 0 Å². The molecule has 0 saturated carbocycles. The Hall–Kier alpha value is -0.900. The van der Waals surface area contributed by atoms with Gasteiger partial charge < -0.3 is 5.32 Å². The van der Waals surface area contributed by atoms with Crippen molar-refractivity contribution in [3.63, 3.8) is 0 Å². The second-order valence-electron chi connectivity index (χ2n) is 1.96. The highest BCUT2D eigenvalue weighted by atomic mass is 16.2. The third-order valence-corrected chi connectivity index (χ3v) is 1.32. The lowest BCUT2D eigenvalue weighted by Crippen LogP contribution is -2.33. The van der Waals surface area contributed by atoms with Crippen LogP contribution in [0.25, 0.3) is 0 Å². The molecular weight excluding hydrogens is 120 g/mol. The second kappa shape index (κ2) is 2.14. The first kappa shape index (κ1) is 6.22. The average molecular weight is 128 g/mol. The summed E-state index contributed by atoms with van der Waals surface area (Å²) in [4.78, 5) is 21.1. The monoisotopic (exact) mass is 128 g/mol. The summed E-state index contributed by atoms with van der Waals surface area (Å²) in [7, 11) is 1.66.